The molecule has 0 bridgehead atoms. The molecular weight excluding hydrogens is 240 g/mol. The normalized spacial score (nSPS) is 11.0. The van der Waals surface area contributed by atoms with Crippen LogP contribution in [0.3, 0.4) is 0 Å². The van der Waals surface area contributed by atoms with E-state index in [-0.39, 0.29) is 0 Å². The Morgan fingerprint density at radius 2 is 2.16 bits per heavy atom. The predicted molar refractivity (Wildman–Crippen MR) is 72.3 cm³/mol. The molecule has 19 heavy (non-hydrogen) atoms. The van der Waals surface area contributed by atoms with Crippen molar-refractivity contribution in [3.8, 4) is 11.4 Å². The van der Waals surface area contributed by atoms with Crippen LogP contribution >= 0.6 is 0 Å². The van der Waals surface area contributed by atoms with E-state index in [2.05, 4.69) is 25.1 Å². The third-order valence-electron chi connectivity index (χ3n) is 2.90. The van der Waals surface area contributed by atoms with Crippen LogP contribution in [-0.2, 0) is 6.42 Å². The first kappa shape index (κ1) is 11.7. The van der Waals surface area contributed by atoms with Gasteiger partial charge >= 0.3 is 0 Å². The standard InChI is InChI=1S/C13H14N6/c14-4-1-2-10-6-9(3-5-15-10)13-16-7-12-11(18-13)8-17-19-12/h3,5-8H,1-2,4,14H2,(H,17,19). The number of nitrogens with one attached hydrogen (secondary N) is 1. The summed E-state index contributed by atoms with van der Waals surface area (Å²) in [6.07, 6.45) is 7.02. The molecule has 0 aliphatic rings. The lowest BCUT2D eigenvalue weighted by Gasteiger charge is -2.03. The van der Waals surface area contributed by atoms with Crippen LogP contribution in [0.4, 0.5) is 0 Å². The van der Waals surface area contributed by atoms with Crippen LogP contribution in [0.15, 0.2) is 30.7 Å². The van der Waals surface area contributed by atoms with Gasteiger partial charge in [0.25, 0.3) is 0 Å². The number of aryl methyl sites for hydroxylation is 1. The summed E-state index contributed by atoms with van der Waals surface area (Å²) < 4.78 is 0. The SMILES string of the molecule is NCCCc1cc(-c2ncc3[nH]ncc3n2)ccn1. The summed E-state index contributed by atoms with van der Waals surface area (Å²) in [5, 5.41) is 6.78. The largest absolute Gasteiger partial charge is 0.330 e. The van der Waals surface area contributed by atoms with E-state index in [1.54, 1.807) is 18.6 Å². The molecule has 0 aromatic carbocycles. The van der Waals surface area contributed by atoms with Gasteiger partial charge in [-0.1, -0.05) is 0 Å². The molecule has 3 rings (SSSR count). The second-order valence-electron chi connectivity index (χ2n) is 4.29. The van der Waals surface area contributed by atoms with Crippen molar-refractivity contribution in [3.63, 3.8) is 0 Å². The number of H-pyrrole nitrogens is 1. The minimum absolute atomic E-state index is 0.670. The first-order chi connectivity index (χ1) is 9.36. The quantitative estimate of drug-likeness (QED) is 0.732. The molecule has 0 saturated heterocycles. The minimum Gasteiger partial charge on any atom is -0.330 e. The van der Waals surface area contributed by atoms with E-state index in [0.29, 0.717) is 12.4 Å². The molecule has 0 aliphatic heterocycles. The minimum atomic E-state index is 0.670. The molecule has 3 aromatic heterocycles. The number of nitrogens with two attached hydrogens (primary N) is 1. The zero-order valence-electron chi connectivity index (χ0n) is 10.4. The van der Waals surface area contributed by atoms with E-state index in [9.17, 15) is 0 Å². The van der Waals surface area contributed by atoms with E-state index < -0.39 is 0 Å². The molecule has 0 unspecified atom stereocenters. The summed E-state index contributed by atoms with van der Waals surface area (Å²) in [7, 11) is 0. The Hall–Kier alpha value is -2.34. The molecule has 3 aromatic rings. The Labute approximate surface area is 110 Å². The highest BCUT2D eigenvalue weighted by atomic mass is 15.1. The first-order valence-corrected chi connectivity index (χ1v) is 6.18. The Balaban J connectivity index is 1.95. The van der Waals surface area contributed by atoms with Crippen molar-refractivity contribution < 1.29 is 0 Å². The van der Waals surface area contributed by atoms with Crippen LogP contribution in [0.2, 0.25) is 0 Å². The summed E-state index contributed by atoms with van der Waals surface area (Å²) in [5.74, 6) is 0.685. The summed E-state index contributed by atoms with van der Waals surface area (Å²) >= 11 is 0. The molecule has 3 N–H and O–H groups in total. The van der Waals surface area contributed by atoms with Crippen molar-refractivity contribution in [2.24, 2.45) is 5.73 Å². The van der Waals surface area contributed by atoms with Crippen LogP contribution in [0, 0.1) is 0 Å². The molecule has 0 atom stereocenters. The lowest BCUT2D eigenvalue weighted by Crippen LogP contribution is -2.01. The number of rotatable bonds is 4. The van der Waals surface area contributed by atoms with Gasteiger partial charge in [0.05, 0.1) is 12.4 Å². The third-order valence-corrected chi connectivity index (χ3v) is 2.90. The smallest absolute Gasteiger partial charge is 0.160 e. The van der Waals surface area contributed by atoms with E-state index in [1.165, 1.54) is 0 Å². The van der Waals surface area contributed by atoms with Gasteiger partial charge < -0.3 is 5.73 Å². The van der Waals surface area contributed by atoms with Crippen LogP contribution < -0.4 is 5.73 Å². The maximum Gasteiger partial charge on any atom is 0.160 e. The highest BCUT2D eigenvalue weighted by molar-refractivity contribution is 5.74. The molecule has 0 aliphatic carbocycles. The third kappa shape index (κ3) is 2.43. The summed E-state index contributed by atoms with van der Waals surface area (Å²) in [6.45, 7) is 0.670. The molecule has 96 valence electrons. The van der Waals surface area contributed by atoms with Gasteiger partial charge in [0, 0.05) is 17.5 Å². The van der Waals surface area contributed by atoms with Crippen molar-refractivity contribution >= 4 is 11.0 Å². The average molecular weight is 254 g/mol. The summed E-state index contributed by atoms with van der Waals surface area (Å²) in [6, 6.07) is 3.92. The molecule has 0 amide bonds. The molecule has 0 radical (unpaired) electrons. The molecule has 0 spiro atoms. The molecule has 0 saturated carbocycles. The highest BCUT2D eigenvalue weighted by Gasteiger charge is 2.05. The number of fused-ring (bicyclic) bond motifs is 1. The monoisotopic (exact) mass is 254 g/mol. The summed E-state index contributed by atoms with van der Waals surface area (Å²) in [5.41, 5.74) is 9.13. The Kier molecular flexibility index (Phi) is 3.16. The van der Waals surface area contributed by atoms with Gasteiger partial charge in [0.2, 0.25) is 0 Å². The number of nitrogens with zero attached hydrogens (tertiary/aromatic N) is 4. The van der Waals surface area contributed by atoms with Gasteiger partial charge in [-0.25, -0.2) is 9.97 Å². The maximum atomic E-state index is 5.51. The fraction of sp³-hybridized carbons (Fsp3) is 0.231. The number of aromatic nitrogens is 5. The molecule has 6 nitrogen and oxygen atoms in total. The van der Waals surface area contributed by atoms with Gasteiger partial charge in [-0.05, 0) is 31.5 Å². The van der Waals surface area contributed by atoms with Crippen molar-refractivity contribution in [2.75, 3.05) is 6.54 Å². The topological polar surface area (TPSA) is 93.4 Å². The molecule has 0 fully saturated rings. The van der Waals surface area contributed by atoms with E-state index in [1.807, 2.05) is 12.1 Å². The Morgan fingerprint density at radius 3 is 3.05 bits per heavy atom. The van der Waals surface area contributed by atoms with Gasteiger partial charge in [0.15, 0.2) is 5.82 Å². The first-order valence-electron chi connectivity index (χ1n) is 6.18. The lowest BCUT2D eigenvalue weighted by molar-refractivity contribution is 0.810. The molecule has 3 heterocycles. The van der Waals surface area contributed by atoms with E-state index in [0.717, 1.165) is 35.1 Å². The fourth-order valence-electron chi connectivity index (χ4n) is 1.92. The van der Waals surface area contributed by atoms with Crippen molar-refractivity contribution in [3.05, 3.63) is 36.4 Å². The van der Waals surface area contributed by atoms with E-state index in [4.69, 9.17) is 5.73 Å². The van der Waals surface area contributed by atoms with Crippen molar-refractivity contribution in [1.82, 2.24) is 25.1 Å². The van der Waals surface area contributed by atoms with Crippen LogP contribution in [0.25, 0.3) is 22.4 Å². The van der Waals surface area contributed by atoms with Gasteiger partial charge in [0.1, 0.15) is 11.0 Å². The van der Waals surface area contributed by atoms with Crippen LogP contribution in [0.5, 0.6) is 0 Å². The number of pyridine rings is 1. The van der Waals surface area contributed by atoms with Crippen molar-refractivity contribution in [2.45, 2.75) is 12.8 Å². The Bertz CT molecular complexity index is 690. The van der Waals surface area contributed by atoms with E-state index >= 15 is 0 Å². The number of hydrogen-bond acceptors (Lipinski definition) is 5. The second-order valence-corrected chi connectivity index (χ2v) is 4.29. The van der Waals surface area contributed by atoms with Crippen LogP contribution in [-0.4, -0.2) is 31.7 Å². The molecule has 6 heteroatoms. The van der Waals surface area contributed by atoms with Gasteiger partial charge in [-0.3, -0.25) is 10.1 Å². The zero-order valence-corrected chi connectivity index (χ0v) is 10.4. The number of hydrogen-bond donors (Lipinski definition) is 2. The van der Waals surface area contributed by atoms with Gasteiger partial charge in [-0.2, -0.15) is 5.10 Å². The van der Waals surface area contributed by atoms with Gasteiger partial charge in [-0.15, -0.1) is 0 Å². The molecular formula is C13H14N6. The second kappa shape index (κ2) is 5.11. The summed E-state index contributed by atoms with van der Waals surface area (Å²) in [4.78, 5) is 13.1. The van der Waals surface area contributed by atoms with Crippen LogP contribution in [0.1, 0.15) is 12.1 Å². The maximum absolute atomic E-state index is 5.51. The van der Waals surface area contributed by atoms with Crippen molar-refractivity contribution in [1.29, 1.82) is 0 Å². The zero-order chi connectivity index (χ0) is 13.1. The highest BCUT2D eigenvalue weighted by Crippen LogP contribution is 2.17. The fourth-order valence-corrected chi connectivity index (χ4v) is 1.92. The lowest BCUT2D eigenvalue weighted by atomic mass is 10.1. The Morgan fingerprint density at radius 1 is 1.21 bits per heavy atom. The average Bonchev–Trinajstić information content (AvgIpc) is 2.92. The predicted octanol–water partition coefficient (Wildman–Crippen LogP) is 1.31. The number of aromatic amines is 1.